The Hall–Kier alpha value is -1.02. The zero-order chi connectivity index (χ0) is 49.2. The summed E-state index contributed by atoms with van der Waals surface area (Å²) in [6.45, 7) is 4.92. The number of hydrogen-bond donors (Lipinski definition) is 3. The average Bonchev–Trinajstić information content (AvgIpc) is 3.29. The Kier molecular flexibility index (Phi) is 49.2. The fraction of sp³-hybridized carbons (Fsp3) is 0.914. The summed E-state index contributed by atoms with van der Waals surface area (Å²) in [4.78, 5) is 23.3. The molecule has 0 aliphatic heterocycles. The molecule has 0 saturated heterocycles. The number of nitrogens with one attached hydrogen (secondary N) is 1. The summed E-state index contributed by atoms with van der Waals surface area (Å²) in [6.07, 6.45) is 62.3. The summed E-state index contributed by atoms with van der Waals surface area (Å²) < 4.78 is 23.8. The van der Waals surface area contributed by atoms with Crippen molar-refractivity contribution in [1.29, 1.82) is 0 Å². The molecule has 0 aromatic rings. The number of phosphoric acid groups is 1. The molecule has 3 N–H and O–H groups in total. The largest absolute Gasteiger partial charge is 0.472 e. The topological polar surface area (TPSA) is 105 Å². The zero-order valence-electron chi connectivity index (χ0n) is 45.4. The van der Waals surface area contributed by atoms with E-state index in [0.717, 1.165) is 44.9 Å². The molecule has 0 aliphatic rings. The fourth-order valence-electron chi connectivity index (χ4n) is 8.84. The average molecular weight is 969 g/mol. The molecule has 0 aliphatic carbocycles. The van der Waals surface area contributed by atoms with E-state index in [1.165, 1.54) is 218 Å². The van der Waals surface area contributed by atoms with E-state index < -0.39 is 20.0 Å². The van der Waals surface area contributed by atoms with E-state index in [0.29, 0.717) is 23.9 Å². The highest BCUT2D eigenvalue weighted by atomic mass is 31.2. The number of unbranched alkanes of at least 4 members (excludes halogenated alkanes) is 37. The van der Waals surface area contributed by atoms with Crippen LogP contribution in [0.2, 0.25) is 0 Å². The Bertz CT molecular complexity index is 1140. The smallest absolute Gasteiger partial charge is 0.391 e. The van der Waals surface area contributed by atoms with Crippen LogP contribution < -0.4 is 5.32 Å². The van der Waals surface area contributed by atoms with Gasteiger partial charge in [0.1, 0.15) is 13.2 Å². The Balaban J connectivity index is 4.16. The number of quaternary nitrogens is 1. The number of hydrogen-bond acceptors (Lipinski definition) is 5. The number of allylic oxidation sites excluding steroid dienone is 4. The molecule has 0 heterocycles. The molecule has 0 radical (unpaired) electrons. The minimum atomic E-state index is -4.32. The number of amides is 1. The number of carbonyl (C=O) groups is 1. The van der Waals surface area contributed by atoms with Crippen LogP contribution in [0.15, 0.2) is 24.3 Å². The second-order valence-corrected chi connectivity index (χ2v) is 22.8. The Labute approximate surface area is 417 Å². The van der Waals surface area contributed by atoms with Crippen molar-refractivity contribution in [3.63, 3.8) is 0 Å². The van der Waals surface area contributed by atoms with Gasteiger partial charge in [-0.15, -0.1) is 0 Å². The van der Waals surface area contributed by atoms with Crippen molar-refractivity contribution in [3.8, 4) is 0 Å². The van der Waals surface area contributed by atoms with Crippen LogP contribution in [0.1, 0.15) is 290 Å². The molecule has 3 unspecified atom stereocenters. The van der Waals surface area contributed by atoms with Gasteiger partial charge in [-0.2, -0.15) is 0 Å². The van der Waals surface area contributed by atoms with E-state index in [2.05, 4.69) is 43.5 Å². The van der Waals surface area contributed by atoms with Crippen LogP contribution in [0, 0.1) is 0 Å². The normalized spacial score (nSPS) is 14.1. The van der Waals surface area contributed by atoms with E-state index >= 15 is 0 Å². The van der Waals surface area contributed by atoms with Gasteiger partial charge >= 0.3 is 7.82 Å². The number of nitrogens with zero attached hydrogens (tertiary/aromatic N) is 1. The molecule has 398 valence electrons. The Morgan fingerprint density at radius 2 is 0.851 bits per heavy atom. The number of aliphatic hydroxyl groups is 1. The molecule has 0 aromatic carbocycles. The van der Waals surface area contributed by atoms with Gasteiger partial charge in [0.2, 0.25) is 5.91 Å². The van der Waals surface area contributed by atoms with Crippen LogP contribution in [0.3, 0.4) is 0 Å². The lowest BCUT2D eigenvalue weighted by molar-refractivity contribution is -0.870. The van der Waals surface area contributed by atoms with Gasteiger partial charge < -0.3 is 19.8 Å². The predicted octanol–water partition coefficient (Wildman–Crippen LogP) is 17.6. The summed E-state index contributed by atoms with van der Waals surface area (Å²) in [5.74, 6) is -0.142. The zero-order valence-corrected chi connectivity index (χ0v) is 46.3. The molecular weight excluding hydrogens is 852 g/mol. The van der Waals surface area contributed by atoms with Crippen LogP contribution in [0.4, 0.5) is 0 Å². The van der Waals surface area contributed by atoms with Crippen molar-refractivity contribution < 1.29 is 32.9 Å². The SMILES string of the molecule is CCCCCCC/C=C\C/C=C\CCCCCCCCCCCCCC(=O)NC(COP(=O)(O)OCC[N+](C)(C)C)C(O)CCCCCCCCCCCCCCCCCCCCCCCC. The first-order valence-corrected chi connectivity index (χ1v) is 30.7. The maximum Gasteiger partial charge on any atom is 0.472 e. The van der Waals surface area contributed by atoms with Crippen LogP contribution in [-0.4, -0.2) is 73.4 Å². The summed E-state index contributed by atoms with van der Waals surface area (Å²) in [5.41, 5.74) is 0. The molecule has 0 rings (SSSR count). The van der Waals surface area contributed by atoms with E-state index in [1.807, 2.05) is 21.1 Å². The highest BCUT2D eigenvalue weighted by Crippen LogP contribution is 2.43. The molecule has 0 bridgehead atoms. The molecule has 9 heteroatoms. The van der Waals surface area contributed by atoms with Gasteiger partial charge in [0, 0.05) is 6.42 Å². The molecule has 8 nitrogen and oxygen atoms in total. The lowest BCUT2D eigenvalue weighted by atomic mass is 10.0. The predicted molar refractivity (Wildman–Crippen MR) is 291 cm³/mol. The van der Waals surface area contributed by atoms with E-state index in [1.54, 1.807) is 0 Å². The monoisotopic (exact) mass is 968 g/mol. The third-order valence-electron chi connectivity index (χ3n) is 13.5. The van der Waals surface area contributed by atoms with E-state index in [9.17, 15) is 19.4 Å². The van der Waals surface area contributed by atoms with Crippen molar-refractivity contribution in [2.24, 2.45) is 0 Å². The van der Waals surface area contributed by atoms with Crippen molar-refractivity contribution in [2.45, 2.75) is 302 Å². The molecular formula is C58H116N2O6P+. The first-order chi connectivity index (χ1) is 32.5. The highest BCUT2D eigenvalue weighted by molar-refractivity contribution is 7.47. The van der Waals surface area contributed by atoms with Gasteiger partial charge in [0.05, 0.1) is 39.9 Å². The summed E-state index contributed by atoms with van der Waals surface area (Å²) in [5, 5.41) is 14.1. The third kappa shape index (κ3) is 52.6. The van der Waals surface area contributed by atoms with Crippen LogP contribution in [-0.2, 0) is 18.4 Å². The van der Waals surface area contributed by atoms with Gasteiger partial charge in [-0.25, -0.2) is 4.57 Å². The van der Waals surface area contributed by atoms with Crippen LogP contribution in [0.5, 0.6) is 0 Å². The first kappa shape index (κ1) is 66.0. The van der Waals surface area contributed by atoms with E-state index in [4.69, 9.17) is 9.05 Å². The van der Waals surface area contributed by atoms with Gasteiger partial charge in [0.15, 0.2) is 0 Å². The summed E-state index contributed by atoms with van der Waals surface area (Å²) in [6, 6.07) is -0.761. The summed E-state index contributed by atoms with van der Waals surface area (Å²) >= 11 is 0. The maximum absolute atomic E-state index is 13.0. The number of phosphoric ester groups is 1. The fourth-order valence-corrected chi connectivity index (χ4v) is 9.58. The minimum absolute atomic E-state index is 0.0757. The Morgan fingerprint density at radius 1 is 0.507 bits per heavy atom. The lowest BCUT2D eigenvalue weighted by Gasteiger charge is -2.26. The maximum atomic E-state index is 13.0. The lowest BCUT2D eigenvalue weighted by Crippen LogP contribution is -2.46. The molecule has 0 aromatic heterocycles. The van der Waals surface area contributed by atoms with Crippen LogP contribution >= 0.6 is 7.82 Å². The first-order valence-electron chi connectivity index (χ1n) is 29.2. The minimum Gasteiger partial charge on any atom is -0.391 e. The molecule has 67 heavy (non-hydrogen) atoms. The molecule has 0 saturated carbocycles. The van der Waals surface area contributed by atoms with Crippen molar-refractivity contribution in [3.05, 3.63) is 24.3 Å². The second kappa shape index (κ2) is 49.9. The molecule has 3 atom stereocenters. The van der Waals surface area contributed by atoms with Crippen LogP contribution in [0.25, 0.3) is 0 Å². The number of aliphatic hydroxyl groups excluding tert-OH is 1. The standard InChI is InChI=1S/C58H115N2O6P/c1-6-8-10-12-14-16-18-20-22-24-26-28-30-32-34-36-38-40-42-44-46-48-50-52-58(62)59-56(55-66-67(63,64)65-54-53-60(3,4)5)57(61)51-49-47-45-43-41-39-37-35-33-31-29-27-25-23-21-19-17-15-13-11-9-7-2/h18,20,24,26,56-57,61H,6-17,19,21-23,25,27-55H2,1-5H3,(H-,59,62,63,64)/p+1/b20-18-,26-24-. The van der Waals surface area contributed by atoms with Gasteiger partial charge in [-0.3, -0.25) is 13.8 Å². The quantitative estimate of drug-likeness (QED) is 0.0243. The Morgan fingerprint density at radius 3 is 1.22 bits per heavy atom. The van der Waals surface area contributed by atoms with Gasteiger partial charge in [-0.05, 0) is 44.9 Å². The summed E-state index contributed by atoms with van der Waals surface area (Å²) in [7, 11) is 1.63. The number of carbonyl (C=O) groups excluding carboxylic acids is 1. The van der Waals surface area contributed by atoms with Crippen molar-refractivity contribution >= 4 is 13.7 Å². The second-order valence-electron chi connectivity index (χ2n) is 21.4. The third-order valence-corrected chi connectivity index (χ3v) is 14.4. The van der Waals surface area contributed by atoms with E-state index in [-0.39, 0.29) is 19.1 Å². The van der Waals surface area contributed by atoms with Crippen molar-refractivity contribution in [1.82, 2.24) is 5.32 Å². The molecule has 0 spiro atoms. The molecule has 1 amide bonds. The van der Waals surface area contributed by atoms with Gasteiger partial charge in [0.25, 0.3) is 0 Å². The molecule has 0 fully saturated rings. The van der Waals surface area contributed by atoms with Crippen molar-refractivity contribution in [2.75, 3.05) is 40.9 Å². The van der Waals surface area contributed by atoms with Gasteiger partial charge in [-0.1, -0.05) is 263 Å². The highest BCUT2D eigenvalue weighted by Gasteiger charge is 2.28. The number of likely N-dealkylation sites (N-methyl/N-ethyl adjacent to an activating group) is 1. The number of rotatable bonds is 54.